The first-order chi connectivity index (χ1) is 9.27. The summed E-state index contributed by atoms with van der Waals surface area (Å²) in [5, 5.41) is 9.17. The lowest BCUT2D eigenvalue weighted by molar-refractivity contribution is -0.144. The molecule has 1 aromatic rings. The quantitative estimate of drug-likeness (QED) is 0.821. The lowest BCUT2D eigenvalue weighted by Gasteiger charge is -2.32. The Balaban J connectivity index is 0.00000200. The number of hydrogen-bond acceptors (Lipinski definition) is 3. The Morgan fingerprint density at radius 1 is 1.30 bits per heavy atom. The number of para-hydroxylation sites is 1. The van der Waals surface area contributed by atoms with Gasteiger partial charge >= 0.3 is 5.97 Å². The fourth-order valence-electron chi connectivity index (χ4n) is 2.51. The third-order valence-electron chi connectivity index (χ3n) is 3.50. The molecule has 1 aliphatic rings. The zero-order chi connectivity index (χ0) is 13.5. The number of hydrogen-bond donors (Lipinski definition) is 1. The highest BCUT2D eigenvalue weighted by Gasteiger charge is 2.27. The molecule has 0 saturated carbocycles. The van der Waals surface area contributed by atoms with Gasteiger partial charge in [-0.2, -0.15) is 0 Å². The molecule has 1 atom stereocenters. The van der Waals surface area contributed by atoms with Crippen LogP contribution in [-0.2, 0) is 4.79 Å². The maximum absolute atomic E-state index is 11.1. The average Bonchev–Trinajstić information content (AvgIpc) is 2.45. The van der Waals surface area contributed by atoms with Gasteiger partial charge in [0.15, 0.2) is 0 Å². The smallest absolute Gasteiger partial charge is 0.320 e. The van der Waals surface area contributed by atoms with E-state index in [0.29, 0.717) is 6.61 Å². The van der Waals surface area contributed by atoms with Crippen LogP contribution in [0.3, 0.4) is 0 Å². The number of nitrogens with zero attached hydrogens (tertiary/aromatic N) is 1. The summed E-state index contributed by atoms with van der Waals surface area (Å²) in [7, 11) is 0. The number of benzene rings is 1. The Kier molecular flexibility index (Phi) is 7.41. The van der Waals surface area contributed by atoms with Gasteiger partial charge in [0.2, 0.25) is 0 Å². The predicted molar refractivity (Wildman–Crippen MR) is 80.6 cm³/mol. The third-order valence-corrected chi connectivity index (χ3v) is 3.50. The lowest BCUT2D eigenvalue weighted by atomic mass is 10.0. The summed E-state index contributed by atoms with van der Waals surface area (Å²) < 4.78 is 5.62. The van der Waals surface area contributed by atoms with Gasteiger partial charge in [0.1, 0.15) is 11.8 Å². The Hall–Kier alpha value is -1.26. The fraction of sp³-hybridized carbons (Fsp3) is 0.533. The molecule has 112 valence electrons. The standard InChI is InChI=1S/C15H21NO3.ClH/c17-15(18)14-9-4-5-10-16(14)11-6-12-19-13-7-2-1-3-8-13;/h1-3,7-8,14H,4-6,9-12H2,(H,17,18);1H. The van der Waals surface area contributed by atoms with Crippen molar-refractivity contribution < 1.29 is 14.6 Å². The summed E-state index contributed by atoms with van der Waals surface area (Å²) in [6.45, 7) is 2.32. The molecule has 0 radical (unpaired) electrons. The highest BCUT2D eigenvalue weighted by atomic mass is 35.5. The van der Waals surface area contributed by atoms with Gasteiger partial charge < -0.3 is 9.84 Å². The Morgan fingerprint density at radius 3 is 2.75 bits per heavy atom. The number of rotatable bonds is 6. The van der Waals surface area contributed by atoms with Crippen molar-refractivity contribution in [2.24, 2.45) is 0 Å². The molecule has 1 heterocycles. The van der Waals surface area contributed by atoms with E-state index in [1.54, 1.807) is 0 Å². The molecule has 1 saturated heterocycles. The van der Waals surface area contributed by atoms with Crippen molar-refractivity contribution >= 4 is 18.4 Å². The highest BCUT2D eigenvalue weighted by Crippen LogP contribution is 2.17. The molecule has 1 fully saturated rings. The van der Waals surface area contributed by atoms with E-state index in [4.69, 9.17) is 4.74 Å². The highest BCUT2D eigenvalue weighted by molar-refractivity contribution is 5.85. The molecule has 5 heteroatoms. The molecule has 1 unspecified atom stereocenters. The largest absolute Gasteiger partial charge is 0.494 e. The number of aliphatic carboxylic acids is 1. The SMILES string of the molecule is Cl.O=C(O)C1CCCCN1CCCOc1ccccc1. The van der Waals surface area contributed by atoms with Crippen LogP contribution in [-0.4, -0.2) is 41.7 Å². The van der Waals surface area contributed by atoms with Gasteiger partial charge in [-0.3, -0.25) is 9.69 Å². The van der Waals surface area contributed by atoms with Crippen LogP contribution < -0.4 is 4.74 Å². The lowest BCUT2D eigenvalue weighted by Crippen LogP contribution is -2.45. The summed E-state index contributed by atoms with van der Waals surface area (Å²) in [6, 6.07) is 9.41. The van der Waals surface area contributed by atoms with Crippen molar-refractivity contribution in [1.29, 1.82) is 0 Å². The zero-order valence-electron chi connectivity index (χ0n) is 11.5. The maximum Gasteiger partial charge on any atom is 0.320 e. The number of ether oxygens (including phenoxy) is 1. The number of carboxylic acid groups (broad SMARTS) is 1. The molecule has 0 amide bonds. The van der Waals surface area contributed by atoms with Crippen LogP contribution in [0.15, 0.2) is 30.3 Å². The molecule has 0 spiro atoms. The van der Waals surface area contributed by atoms with E-state index in [1.807, 2.05) is 30.3 Å². The zero-order valence-corrected chi connectivity index (χ0v) is 12.3. The minimum absolute atomic E-state index is 0. The van der Waals surface area contributed by atoms with Gasteiger partial charge in [0, 0.05) is 6.54 Å². The second kappa shape index (κ2) is 8.82. The average molecular weight is 300 g/mol. The Morgan fingerprint density at radius 2 is 2.05 bits per heavy atom. The first-order valence-electron chi connectivity index (χ1n) is 6.92. The molecule has 0 aliphatic carbocycles. The maximum atomic E-state index is 11.1. The second-order valence-electron chi connectivity index (χ2n) is 4.90. The molecule has 20 heavy (non-hydrogen) atoms. The van der Waals surface area contributed by atoms with Crippen molar-refractivity contribution in [2.75, 3.05) is 19.7 Å². The summed E-state index contributed by atoms with van der Waals surface area (Å²) >= 11 is 0. The van der Waals surface area contributed by atoms with Crippen molar-refractivity contribution in [3.63, 3.8) is 0 Å². The first-order valence-corrected chi connectivity index (χ1v) is 6.92. The molecular weight excluding hydrogens is 278 g/mol. The molecule has 2 rings (SSSR count). The molecule has 1 N–H and O–H groups in total. The van der Waals surface area contributed by atoms with Crippen molar-refractivity contribution in [2.45, 2.75) is 31.7 Å². The van der Waals surface area contributed by atoms with E-state index in [1.165, 1.54) is 0 Å². The van der Waals surface area contributed by atoms with E-state index in [0.717, 1.165) is 44.5 Å². The summed E-state index contributed by atoms with van der Waals surface area (Å²) in [5.41, 5.74) is 0. The topological polar surface area (TPSA) is 49.8 Å². The van der Waals surface area contributed by atoms with Crippen LogP contribution in [0.5, 0.6) is 5.75 Å². The molecule has 1 aliphatic heterocycles. The van der Waals surface area contributed by atoms with Crippen molar-refractivity contribution in [3.8, 4) is 5.75 Å². The molecule has 0 bridgehead atoms. The molecular formula is C15H22ClNO3. The van der Waals surface area contributed by atoms with Gasteiger partial charge in [-0.15, -0.1) is 12.4 Å². The van der Waals surface area contributed by atoms with Crippen LogP contribution in [0, 0.1) is 0 Å². The van der Waals surface area contributed by atoms with Crippen LogP contribution in [0.1, 0.15) is 25.7 Å². The number of carboxylic acids is 1. The summed E-state index contributed by atoms with van der Waals surface area (Å²) in [5.74, 6) is 0.180. The summed E-state index contributed by atoms with van der Waals surface area (Å²) in [6.07, 6.45) is 3.75. The van der Waals surface area contributed by atoms with Crippen LogP contribution >= 0.6 is 12.4 Å². The van der Waals surface area contributed by atoms with Gasteiger partial charge in [-0.25, -0.2) is 0 Å². The summed E-state index contributed by atoms with van der Waals surface area (Å²) in [4.78, 5) is 13.2. The van der Waals surface area contributed by atoms with Crippen LogP contribution in [0.2, 0.25) is 0 Å². The number of carbonyl (C=O) groups is 1. The molecule has 1 aromatic carbocycles. The first kappa shape index (κ1) is 16.8. The third kappa shape index (κ3) is 5.02. The van der Waals surface area contributed by atoms with Gasteiger partial charge in [0.25, 0.3) is 0 Å². The van der Waals surface area contributed by atoms with Crippen molar-refractivity contribution in [1.82, 2.24) is 4.90 Å². The van der Waals surface area contributed by atoms with Gasteiger partial charge in [-0.05, 0) is 37.9 Å². The number of halogens is 1. The van der Waals surface area contributed by atoms with E-state index in [2.05, 4.69) is 4.90 Å². The van der Waals surface area contributed by atoms with E-state index in [9.17, 15) is 9.90 Å². The van der Waals surface area contributed by atoms with Gasteiger partial charge in [-0.1, -0.05) is 24.6 Å². The minimum atomic E-state index is -0.691. The predicted octanol–water partition coefficient (Wildman–Crippen LogP) is 2.82. The second-order valence-corrected chi connectivity index (χ2v) is 4.90. The Labute approximate surface area is 126 Å². The van der Waals surface area contributed by atoms with E-state index < -0.39 is 5.97 Å². The van der Waals surface area contributed by atoms with E-state index in [-0.39, 0.29) is 18.4 Å². The molecule has 4 nitrogen and oxygen atoms in total. The molecule has 0 aromatic heterocycles. The fourth-order valence-corrected chi connectivity index (χ4v) is 2.51. The number of piperidine rings is 1. The van der Waals surface area contributed by atoms with Crippen LogP contribution in [0.4, 0.5) is 0 Å². The Bertz CT molecular complexity index is 399. The normalized spacial score (nSPS) is 19.1. The van der Waals surface area contributed by atoms with Crippen LogP contribution in [0.25, 0.3) is 0 Å². The monoisotopic (exact) mass is 299 g/mol. The van der Waals surface area contributed by atoms with Crippen molar-refractivity contribution in [3.05, 3.63) is 30.3 Å². The minimum Gasteiger partial charge on any atom is -0.494 e. The number of likely N-dealkylation sites (tertiary alicyclic amines) is 1. The van der Waals surface area contributed by atoms with E-state index >= 15 is 0 Å². The van der Waals surface area contributed by atoms with Gasteiger partial charge in [0.05, 0.1) is 6.61 Å².